The van der Waals surface area contributed by atoms with Crippen LogP contribution < -0.4 is 5.73 Å². The van der Waals surface area contributed by atoms with Gasteiger partial charge in [-0.3, -0.25) is 9.78 Å². The van der Waals surface area contributed by atoms with Gasteiger partial charge in [0.1, 0.15) is 5.69 Å². The maximum absolute atomic E-state index is 10.6. The number of aliphatic carboxylic acids is 1. The quantitative estimate of drug-likeness (QED) is 0.781. The number of rotatable bonds is 1. The molecule has 1 aromatic heterocycles. The lowest BCUT2D eigenvalue weighted by molar-refractivity contribution is -0.192. The van der Waals surface area contributed by atoms with E-state index in [0.29, 0.717) is 5.69 Å². The van der Waals surface area contributed by atoms with Crippen LogP contribution in [0.3, 0.4) is 0 Å². The third-order valence-electron chi connectivity index (χ3n) is 1.49. The molecule has 3 N–H and O–H groups in total. The first-order valence-electron chi connectivity index (χ1n) is 4.17. The number of primary amides is 1. The number of nitrogens with two attached hydrogens (primary N) is 1. The number of hydrogen-bond donors (Lipinski definition) is 2. The van der Waals surface area contributed by atoms with E-state index in [2.05, 4.69) is 4.98 Å². The fourth-order valence-electron chi connectivity index (χ4n) is 0.744. The smallest absolute Gasteiger partial charge is 0.475 e. The van der Waals surface area contributed by atoms with Crippen molar-refractivity contribution < 1.29 is 27.9 Å². The molecule has 1 amide bonds. The lowest BCUT2D eigenvalue weighted by Gasteiger charge is -1.96. The van der Waals surface area contributed by atoms with Gasteiger partial charge in [0.2, 0.25) is 0 Å². The van der Waals surface area contributed by atoms with Gasteiger partial charge in [-0.2, -0.15) is 13.2 Å². The molecular formula is C9H9F3N2O3. The van der Waals surface area contributed by atoms with Gasteiger partial charge >= 0.3 is 12.1 Å². The summed E-state index contributed by atoms with van der Waals surface area (Å²) in [6, 6.07) is 3.56. The highest BCUT2D eigenvalue weighted by atomic mass is 19.4. The topological polar surface area (TPSA) is 93.3 Å². The Labute approximate surface area is 94.1 Å². The number of carboxylic acid groups (broad SMARTS) is 1. The van der Waals surface area contributed by atoms with Crippen molar-refractivity contribution in [3.63, 3.8) is 0 Å². The van der Waals surface area contributed by atoms with E-state index in [1.54, 1.807) is 25.3 Å². The number of halogens is 3. The summed E-state index contributed by atoms with van der Waals surface area (Å²) in [6.45, 7) is 1.80. The van der Waals surface area contributed by atoms with E-state index in [9.17, 15) is 18.0 Å². The van der Waals surface area contributed by atoms with Crippen molar-refractivity contribution in [1.82, 2.24) is 4.98 Å². The number of carbonyl (C=O) groups is 2. The number of nitrogens with zero attached hydrogens (tertiary/aromatic N) is 1. The van der Waals surface area contributed by atoms with E-state index in [0.717, 1.165) is 5.56 Å². The van der Waals surface area contributed by atoms with E-state index in [1.165, 1.54) is 0 Å². The Kier molecular flexibility index (Phi) is 5.10. The van der Waals surface area contributed by atoms with Crippen LogP contribution in [0.15, 0.2) is 18.3 Å². The Morgan fingerprint density at radius 1 is 1.41 bits per heavy atom. The Morgan fingerprint density at radius 2 is 1.88 bits per heavy atom. The minimum absolute atomic E-state index is 0.350. The Balaban J connectivity index is 0.000000325. The number of hydrogen-bond acceptors (Lipinski definition) is 3. The Bertz CT molecular complexity index is 418. The fourth-order valence-corrected chi connectivity index (χ4v) is 0.744. The maximum Gasteiger partial charge on any atom is 0.490 e. The molecule has 0 aromatic carbocycles. The highest BCUT2D eigenvalue weighted by Gasteiger charge is 2.38. The summed E-state index contributed by atoms with van der Waals surface area (Å²) in [7, 11) is 0. The molecule has 5 nitrogen and oxygen atoms in total. The SMILES string of the molecule is Cc1cccnc1C(N)=O.O=C(O)C(F)(F)F. The second-order valence-electron chi connectivity index (χ2n) is 2.84. The molecule has 0 atom stereocenters. The molecule has 0 aliphatic heterocycles. The molecule has 8 heteroatoms. The zero-order valence-electron chi connectivity index (χ0n) is 8.65. The normalized spacial score (nSPS) is 10.1. The first-order valence-corrected chi connectivity index (χ1v) is 4.17. The summed E-state index contributed by atoms with van der Waals surface area (Å²) in [5.41, 5.74) is 6.18. The van der Waals surface area contributed by atoms with Crippen LogP contribution >= 0.6 is 0 Å². The van der Waals surface area contributed by atoms with Gasteiger partial charge in [-0.15, -0.1) is 0 Å². The van der Waals surface area contributed by atoms with Crippen molar-refractivity contribution in [2.45, 2.75) is 13.1 Å². The van der Waals surface area contributed by atoms with Gasteiger partial charge < -0.3 is 10.8 Å². The number of amides is 1. The van der Waals surface area contributed by atoms with E-state index in [-0.39, 0.29) is 0 Å². The zero-order valence-corrected chi connectivity index (χ0v) is 8.65. The molecule has 94 valence electrons. The number of pyridine rings is 1. The molecule has 0 bridgehead atoms. The minimum Gasteiger partial charge on any atom is -0.475 e. The van der Waals surface area contributed by atoms with Crippen LogP contribution in [0.25, 0.3) is 0 Å². The van der Waals surface area contributed by atoms with Crippen LogP contribution in [0, 0.1) is 6.92 Å². The second kappa shape index (κ2) is 5.83. The third-order valence-corrected chi connectivity index (χ3v) is 1.49. The van der Waals surface area contributed by atoms with Crippen LogP contribution in [0.4, 0.5) is 13.2 Å². The molecule has 0 aliphatic rings. The molecule has 0 spiro atoms. The first-order chi connectivity index (χ1) is 7.66. The predicted molar refractivity (Wildman–Crippen MR) is 51.2 cm³/mol. The average molecular weight is 250 g/mol. The van der Waals surface area contributed by atoms with Crippen molar-refractivity contribution >= 4 is 11.9 Å². The van der Waals surface area contributed by atoms with Gasteiger partial charge in [-0.1, -0.05) is 6.07 Å². The van der Waals surface area contributed by atoms with E-state index < -0.39 is 18.1 Å². The number of aromatic nitrogens is 1. The van der Waals surface area contributed by atoms with E-state index in [4.69, 9.17) is 15.6 Å². The van der Waals surface area contributed by atoms with Gasteiger partial charge in [0.25, 0.3) is 5.91 Å². The van der Waals surface area contributed by atoms with Crippen molar-refractivity contribution in [1.29, 1.82) is 0 Å². The minimum atomic E-state index is -5.08. The summed E-state index contributed by atoms with van der Waals surface area (Å²) >= 11 is 0. The summed E-state index contributed by atoms with van der Waals surface area (Å²) in [5, 5.41) is 7.12. The predicted octanol–water partition coefficient (Wildman–Crippen LogP) is 1.12. The monoisotopic (exact) mass is 250 g/mol. The number of aryl methyl sites for hydroxylation is 1. The summed E-state index contributed by atoms with van der Waals surface area (Å²) in [6.07, 6.45) is -3.53. The maximum atomic E-state index is 10.6. The van der Waals surface area contributed by atoms with Crippen molar-refractivity contribution in [2.75, 3.05) is 0 Å². The van der Waals surface area contributed by atoms with Gasteiger partial charge in [0.15, 0.2) is 0 Å². The van der Waals surface area contributed by atoms with Gasteiger partial charge in [0, 0.05) is 6.20 Å². The molecule has 1 aromatic rings. The lowest BCUT2D eigenvalue weighted by Crippen LogP contribution is -2.21. The number of carbonyl (C=O) groups excluding carboxylic acids is 1. The van der Waals surface area contributed by atoms with Crippen molar-refractivity contribution in [2.24, 2.45) is 5.73 Å². The van der Waals surface area contributed by atoms with E-state index >= 15 is 0 Å². The molecule has 1 rings (SSSR count). The Hall–Kier alpha value is -2.12. The molecule has 1 heterocycles. The van der Waals surface area contributed by atoms with Crippen LogP contribution in [0.1, 0.15) is 16.1 Å². The second-order valence-corrected chi connectivity index (χ2v) is 2.84. The van der Waals surface area contributed by atoms with Crippen LogP contribution in [-0.4, -0.2) is 28.1 Å². The van der Waals surface area contributed by atoms with Gasteiger partial charge in [-0.25, -0.2) is 4.79 Å². The molecule has 17 heavy (non-hydrogen) atoms. The highest BCUT2D eigenvalue weighted by molar-refractivity contribution is 5.92. The summed E-state index contributed by atoms with van der Waals surface area (Å²) in [5.74, 6) is -3.23. The standard InChI is InChI=1S/C7H8N2O.C2HF3O2/c1-5-3-2-4-9-6(5)7(8)10;3-2(4,5)1(6)7/h2-4H,1H3,(H2,8,10);(H,6,7). The van der Waals surface area contributed by atoms with Gasteiger partial charge in [-0.05, 0) is 18.6 Å². The van der Waals surface area contributed by atoms with E-state index in [1.807, 2.05) is 0 Å². The third kappa shape index (κ3) is 5.50. The molecule has 0 unspecified atom stereocenters. The first kappa shape index (κ1) is 14.9. The zero-order chi connectivity index (χ0) is 13.6. The van der Waals surface area contributed by atoms with Crippen LogP contribution in [0.2, 0.25) is 0 Å². The van der Waals surface area contributed by atoms with Crippen LogP contribution in [0.5, 0.6) is 0 Å². The van der Waals surface area contributed by atoms with Crippen molar-refractivity contribution in [3.05, 3.63) is 29.6 Å². The van der Waals surface area contributed by atoms with Crippen molar-refractivity contribution in [3.8, 4) is 0 Å². The average Bonchev–Trinajstić information content (AvgIpc) is 2.17. The summed E-state index contributed by atoms with van der Waals surface area (Å²) < 4.78 is 31.7. The van der Waals surface area contributed by atoms with Gasteiger partial charge in [0.05, 0.1) is 0 Å². The molecule has 0 saturated carbocycles. The molecule has 0 radical (unpaired) electrons. The summed E-state index contributed by atoms with van der Waals surface area (Å²) in [4.78, 5) is 23.3. The van der Waals surface area contributed by atoms with Crippen LogP contribution in [-0.2, 0) is 4.79 Å². The lowest BCUT2D eigenvalue weighted by atomic mass is 10.2. The Morgan fingerprint density at radius 3 is 2.12 bits per heavy atom. The fraction of sp³-hybridized carbons (Fsp3) is 0.222. The largest absolute Gasteiger partial charge is 0.490 e. The molecule has 0 aliphatic carbocycles. The highest BCUT2D eigenvalue weighted by Crippen LogP contribution is 2.13. The number of carboxylic acids is 1. The number of alkyl halides is 3. The molecule has 0 fully saturated rings. The molecular weight excluding hydrogens is 241 g/mol. The molecule has 0 saturated heterocycles.